The van der Waals surface area contributed by atoms with E-state index in [1.807, 2.05) is 6.07 Å². The molecule has 3 rings (SSSR count). The van der Waals surface area contributed by atoms with E-state index in [4.69, 9.17) is 13.9 Å². The van der Waals surface area contributed by atoms with E-state index >= 15 is 0 Å². The van der Waals surface area contributed by atoms with E-state index in [9.17, 15) is 8.42 Å². The molecule has 8 heteroatoms. The van der Waals surface area contributed by atoms with Crippen LogP contribution in [-0.2, 0) is 19.7 Å². The molecule has 2 aliphatic rings. The van der Waals surface area contributed by atoms with E-state index in [0.29, 0.717) is 31.4 Å². The van der Waals surface area contributed by atoms with Gasteiger partial charge < -0.3 is 13.9 Å². The Morgan fingerprint density at radius 1 is 1.39 bits per heavy atom. The van der Waals surface area contributed by atoms with E-state index < -0.39 is 10.2 Å². The lowest BCUT2D eigenvalue weighted by molar-refractivity contribution is 0.0933. The Kier molecular flexibility index (Phi) is 5.71. The largest absolute Gasteiger partial charge is 0.468 e. The highest BCUT2D eigenvalue weighted by Gasteiger charge is 2.36. The summed E-state index contributed by atoms with van der Waals surface area (Å²) >= 11 is 0. The summed E-state index contributed by atoms with van der Waals surface area (Å²) in [6, 6.07) is 3.40. The third-order valence-electron chi connectivity index (χ3n) is 4.29. The lowest BCUT2D eigenvalue weighted by atomic mass is 10.1. The second-order valence-corrected chi connectivity index (χ2v) is 7.70. The molecule has 2 saturated heterocycles. The summed E-state index contributed by atoms with van der Waals surface area (Å²) in [5.41, 5.74) is 0. The molecule has 3 heterocycles. The topological polar surface area (TPSA) is 81.0 Å². The Morgan fingerprint density at radius 2 is 2.30 bits per heavy atom. The first kappa shape index (κ1) is 16.9. The summed E-state index contributed by atoms with van der Waals surface area (Å²) in [6.45, 7) is 3.32. The van der Waals surface area contributed by atoms with E-state index in [1.165, 1.54) is 4.31 Å². The van der Waals surface area contributed by atoms with Gasteiger partial charge in [0.1, 0.15) is 5.76 Å². The van der Waals surface area contributed by atoms with Crippen molar-refractivity contribution in [2.45, 2.75) is 25.3 Å². The predicted molar refractivity (Wildman–Crippen MR) is 84.1 cm³/mol. The van der Waals surface area contributed by atoms with Crippen molar-refractivity contribution in [2.75, 3.05) is 39.5 Å². The van der Waals surface area contributed by atoms with Gasteiger partial charge in [0.25, 0.3) is 10.2 Å². The molecular weight excluding hydrogens is 320 g/mol. The van der Waals surface area contributed by atoms with Crippen molar-refractivity contribution in [3.05, 3.63) is 24.2 Å². The van der Waals surface area contributed by atoms with Crippen molar-refractivity contribution in [3.8, 4) is 0 Å². The van der Waals surface area contributed by atoms with Crippen LogP contribution in [-0.4, -0.2) is 52.2 Å². The summed E-state index contributed by atoms with van der Waals surface area (Å²) in [5.74, 6) is 1.14. The van der Waals surface area contributed by atoms with Gasteiger partial charge in [-0.15, -0.1) is 0 Å². The molecule has 2 aliphatic heterocycles. The second-order valence-electron chi connectivity index (χ2n) is 5.99. The molecule has 0 saturated carbocycles. The minimum Gasteiger partial charge on any atom is -0.468 e. The monoisotopic (exact) mass is 344 g/mol. The lowest BCUT2D eigenvalue weighted by Crippen LogP contribution is -2.41. The van der Waals surface area contributed by atoms with Crippen molar-refractivity contribution < 1.29 is 22.3 Å². The van der Waals surface area contributed by atoms with Gasteiger partial charge in [0.05, 0.1) is 32.1 Å². The van der Waals surface area contributed by atoms with E-state index in [0.717, 1.165) is 32.5 Å². The zero-order valence-corrected chi connectivity index (χ0v) is 14.0. The molecule has 0 unspecified atom stereocenters. The zero-order valence-electron chi connectivity index (χ0n) is 13.1. The molecule has 2 fully saturated rings. The number of hydrogen-bond acceptors (Lipinski definition) is 5. The molecule has 23 heavy (non-hydrogen) atoms. The SMILES string of the molecule is O=S(=O)(NCCOC[C@@H]1CCOC1)N1CCC[C@@H]1c1ccco1. The van der Waals surface area contributed by atoms with Gasteiger partial charge in [-0.05, 0) is 31.4 Å². The van der Waals surface area contributed by atoms with E-state index in [1.54, 1.807) is 12.3 Å². The van der Waals surface area contributed by atoms with Gasteiger partial charge in [0.15, 0.2) is 0 Å². The molecule has 0 aromatic carbocycles. The number of nitrogens with one attached hydrogen (secondary N) is 1. The van der Waals surface area contributed by atoms with Crippen LogP contribution >= 0.6 is 0 Å². The van der Waals surface area contributed by atoms with Crippen LogP contribution in [0.5, 0.6) is 0 Å². The molecular formula is C15H24N2O5S. The Hall–Kier alpha value is -0.930. The van der Waals surface area contributed by atoms with Crippen LogP contribution in [0.3, 0.4) is 0 Å². The number of furan rings is 1. The van der Waals surface area contributed by atoms with E-state index in [-0.39, 0.29) is 12.6 Å². The van der Waals surface area contributed by atoms with Crippen LogP contribution in [0.15, 0.2) is 22.8 Å². The van der Waals surface area contributed by atoms with Gasteiger partial charge >= 0.3 is 0 Å². The summed E-state index contributed by atoms with van der Waals surface area (Å²) < 4.78 is 45.2. The molecule has 0 bridgehead atoms. The van der Waals surface area contributed by atoms with Gasteiger partial charge in [-0.3, -0.25) is 0 Å². The third kappa shape index (κ3) is 4.33. The molecule has 2 atom stereocenters. The third-order valence-corrected chi connectivity index (χ3v) is 5.92. The standard InChI is InChI=1S/C15H24N2O5S/c18-23(19,16-6-10-21-12-13-5-9-20-11-13)17-7-1-3-14(17)15-4-2-8-22-15/h2,4,8,13-14,16H,1,3,5-7,9-12H2/t13-,14-/m1/s1. The fraction of sp³-hybridized carbons (Fsp3) is 0.733. The van der Waals surface area contributed by atoms with Crippen molar-refractivity contribution in [3.63, 3.8) is 0 Å². The number of nitrogens with zero attached hydrogens (tertiary/aromatic N) is 1. The zero-order chi connectivity index (χ0) is 16.1. The quantitative estimate of drug-likeness (QED) is 0.719. The van der Waals surface area contributed by atoms with Crippen molar-refractivity contribution in [1.82, 2.24) is 9.03 Å². The van der Waals surface area contributed by atoms with Crippen LogP contribution in [0.2, 0.25) is 0 Å². The lowest BCUT2D eigenvalue weighted by Gasteiger charge is -2.22. The van der Waals surface area contributed by atoms with E-state index in [2.05, 4.69) is 4.72 Å². The summed E-state index contributed by atoms with van der Waals surface area (Å²) in [5, 5.41) is 0. The first-order valence-corrected chi connectivity index (χ1v) is 9.56. The van der Waals surface area contributed by atoms with Crippen LogP contribution < -0.4 is 4.72 Å². The van der Waals surface area contributed by atoms with Crippen LogP contribution in [0.25, 0.3) is 0 Å². The Labute approximate surface area is 137 Å². The number of ether oxygens (including phenoxy) is 2. The van der Waals surface area contributed by atoms with Gasteiger partial charge in [-0.1, -0.05) is 0 Å². The molecule has 0 radical (unpaired) electrons. The highest BCUT2D eigenvalue weighted by molar-refractivity contribution is 7.87. The van der Waals surface area contributed by atoms with Gasteiger partial charge in [-0.2, -0.15) is 17.4 Å². The number of hydrogen-bond donors (Lipinski definition) is 1. The maximum atomic E-state index is 12.5. The number of rotatable bonds is 8. The molecule has 1 aromatic rings. The fourth-order valence-corrected chi connectivity index (χ4v) is 4.50. The van der Waals surface area contributed by atoms with Gasteiger partial charge in [-0.25, -0.2) is 0 Å². The van der Waals surface area contributed by atoms with Crippen LogP contribution in [0, 0.1) is 5.92 Å². The van der Waals surface area contributed by atoms with Crippen LogP contribution in [0.4, 0.5) is 0 Å². The highest BCUT2D eigenvalue weighted by Crippen LogP contribution is 2.33. The first-order valence-electron chi connectivity index (χ1n) is 8.12. The highest BCUT2D eigenvalue weighted by atomic mass is 32.2. The molecule has 7 nitrogen and oxygen atoms in total. The molecule has 1 aromatic heterocycles. The second kappa shape index (κ2) is 7.76. The Bertz CT molecular complexity index is 569. The first-order chi connectivity index (χ1) is 11.2. The minimum absolute atomic E-state index is 0.209. The molecule has 130 valence electrons. The smallest absolute Gasteiger partial charge is 0.280 e. The maximum Gasteiger partial charge on any atom is 0.280 e. The maximum absolute atomic E-state index is 12.5. The van der Waals surface area contributed by atoms with Crippen molar-refractivity contribution in [2.24, 2.45) is 5.92 Å². The average Bonchev–Trinajstić information content (AvgIpc) is 3.27. The van der Waals surface area contributed by atoms with Crippen molar-refractivity contribution in [1.29, 1.82) is 0 Å². The molecule has 1 N–H and O–H groups in total. The molecule has 0 amide bonds. The van der Waals surface area contributed by atoms with Crippen LogP contribution in [0.1, 0.15) is 31.1 Å². The summed E-state index contributed by atoms with van der Waals surface area (Å²) in [6.07, 6.45) is 4.22. The summed E-state index contributed by atoms with van der Waals surface area (Å²) in [4.78, 5) is 0. The Morgan fingerprint density at radius 3 is 3.04 bits per heavy atom. The fourth-order valence-electron chi connectivity index (χ4n) is 3.08. The predicted octanol–water partition coefficient (Wildman–Crippen LogP) is 1.30. The minimum atomic E-state index is -3.52. The van der Waals surface area contributed by atoms with Gasteiger partial charge in [0, 0.05) is 25.6 Å². The Balaban J connectivity index is 1.44. The normalized spacial score (nSPS) is 26.1. The molecule has 0 aliphatic carbocycles. The average molecular weight is 344 g/mol. The van der Waals surface area contributed by atoms with Crippen molar-refractivity contribution >= 4 is 10.2 Å². The summed E-state index contributed by atoms with van der Waals surface area (Å²) in [7, 11) is -3.52. The molecule has 0 spiro atoms. The van der Waals surface area contributed by atoms with Gasteiger partial charge in [0.2, 0.25) is 0 Å².